The van der Waals surface area contributed by atoms with Crippen molar-refractivity contribution in [1.29, 1.82) is 0 Å². The highest BCUT2D eigenvalue weighted by Crippen LogP contribution is 2.32. The Morgan fingerprint density at radius 1 is 1.24 bits per heavy atom. The van der Waals surface area contributed by atoms with Crippen molar-refractivity contribution in [3.8, 4) is 0 Å². The number of likely N-dealkylation sites (tertiary alicyclic amines) is 1. The summed E-state index contributed by atoms with van der Waals surface area (Å²) in [6, 6.07) is 8.28. The minimum absolute atomic E-state index is 0. The molecule has 2 rings (SSSR count). The number of nitrogens with one attached hydrogen (secondary N) is 1. The third kappa shape index (κ3) is 7.56. The number of benzene rings is 1. The van der Waals surface area contributed by atoms with Crippen LogP contribution < -0.4 is 5.32 Å². The Labute approximate surface area is 198 Å². The van der Waals surface area contributed by atoms with Crippen LogP contribution in [0.15, 0.2) is 29.3 Å². The lowest BCUT2D eigenvalue weighted by atomic mass is 9.76. The fraction of sp³-hybridized carbons (Fsp3) is 0.682. The summed E-state index contributed by atoms with van der Waals surface area (Å²) >= 11 is 6.09. The molecule has 1 saturated heterocycles. The molecule has 0 spiro atoms. The lowest BCUT2D eigenvalue weighted by Crippen LogP contribution is -2.46. The van der Waals surface area contributed by atoms with Crippen molar-refractivity contribution >= 4 is 41.5 Å². The number of guanidine groups is 1. The summed E-state index contributed by atoms with van der Waals surface area (Å²) in [7, 11) is 3.57. The predicted octanol–water partition coefficient (Wildman–Crippen LogP) is 4.58. The van der Waals surface area contributed by atoms with E-state index < -0.39 is 0 Å². The van der Waals surface area contributed by atoms with Crippen LogP contribution >= 0.6 is 35.6 Å². The van der Waals surface area contributed by atoms with Gasteiger partial charge in [-0.05, 0) is 37.0 Å². The summed E-state index contributed by atoms with van der Waals surface area (Å²) in [6.07, 6.45) is 3.26. The molecular formula is C22H37ClIN3O2. The van der Waals surface area contributed by atoms with Gasteiger partial charge in [-0.3, -0.25) is 4.99 Å². The first kappa shape index (κ1) is 26.5. The first-order valence-electron chi connectivity index (χ1n) is 10.4. The highest BCUT2D eigenvalue weighted by Gasteiger charge is 2.30. The number of hydrogen-bond donors (Lipinski definition) is 1. The average Bonchev–Trinajstić information content (AvgIpc) is 3.19. The molecule has 0 saturated carbocycles. The zero-order valence-electron chi connectivity index (χ0n) is 18.2. The smallest absolute Gasteiger partial charge is 0.193 e. The molecule has 1 heterocycles. The molecule has 1 fully saturated rings. The molecule has 0 aliphatic carbocycles. The van der Waals surface area contributed by atoms with E-state index >= 15 is 0 Å². The molecule has 1 aromatic carbocycles. The van der Waals surface area contributed by atoms with E-state index in [9.17, 15) is 0 Å². The molecule has 1 aromatic rings. The largest absolute Gasteiger partial charge is 0.382 e. The minimum atomic E-state index is 0. The second-order valence-corrected chi connectivity index (χ2v) is 8.00. The average molecular weight is 538 g/mol. The molecular weight excluding hydrogens is 501 g/mol. The molecule has 1 atom stereocenters. The van der Waals surface area contributed by atoms with Gasteiger partial charge >= 0.3 is 0 Å². The number of halogens is 2. The van der Waals surface area contributed by atoms with E-state index in [0.717, 1.165) is 56.5 Å². The third-order valence-corrected chi connectivity index (χ3v) is 6.23. The van der Waals surface area contributed by atoms with Gasteiger partial charge in [0.1, 0.15) is 0 Å². The number of aliphatic imine (C=N–C) groups is 1. The summed E-state index contributed by atoms with van der Waals surface area (Å²) < 4.78 is 10.8. The molecule has 1 aliphatic heterocycles. The molecule has 0 radical (unpaired) electrons. The Morgan fingerprint density at radius 3 is 2.52 bits per heavy atom. The van der Waals surface area contributed by atoms with Crippen LogP contribution in [-0.4, -0.2) is 64.5 Å². The SMILES string of the molecule is CCC(CC)(CNC(=NC)N1CCC(COCCOC)C1)c1ccc(Cl)cc1.I. The zero-order chi connectivity index (χ0) is 20.4. The Kier molecular flexibility index (Phi) is 12.5. The summed E-state index contributed by atoms with van der Waals surface area (Å²) in [5, 5.41) is 4.43. The van der Waals surface area contributed by atoms with Crippen LogP contribution in [0.25, 0.3) is 0 Å². The Hall–Kier alpha value is -0.570. The molecule has 1 unspecified atom stereocenters. The first-order valence-corrected chi connectivity index (χ1v) is 10.7. The number of methoxy groups -OCH3 is 1. The van der Waals surface area contributed by atoms with Crippen LogP contribution in [0.3, 0.4) is 0 Å². The summed E-state index contributed by atoms with van der Waals surface area (Å²) in [5.41, 5.74) is 1.40. The zero-order valence-corrected chi connectivity index (χ0v) is 21.3. The second-order valence-electron chi connectivity index (χ2n) is 7.56. The predicted molar refractivity (Wildman–Crippen MR) is 133 cm³/mol. The van der Waals surface area contributed by atoms with E-state index in [1.807, 2.05) is 19.2 Å². The van der Waals surface area contributed by atoms with Gasteiger partial charge in [0, 0.05) is 50.1 Å². The van der Waals surface area contributed by atoms with Gasteiger partial charge in [-0.25, -0.2) is 0 Å². The maximum absolute atomic E-state index is 6.09. The fourth-order valence-electron chi connectivity index (χ4n) is 3.95. The van der Waals surface area contributed by atoms with Crippen LogP contribution in [0.2, 0.25) is 5.02 Å². The maximum atomic E-state index is 6.09. The summed E-state index contributed by atoms with van der Waals surface area (Å²) in [6.45, 7) is 9.48. The molecule has 1 N–H and O–H groups in total. The first-order chi connectivity index (χ1) is 13.6. The number of rotatable bonds is 10. The molecule has 0 aromatic heterocycles. The fourth-order valence-corrected chi connectivity index (χ4v) is 4.07. The minimum Gasteiger partial charge on any atom is -0.382 e. The Morgan fingerprint density at radius 2 is 1.93 bits per heavy atom. The van der Waals surface area contributed by atoms with Gasteiger partial charge < -0.3 is 19.7 Å². The van der Waals surface area contributed by atoms with E-state index in [2.05, 4.69) is 41.2 Å². The van der Waals surface area contributed by atoms with Gasteiger partial charge in [-0.2, -0.15) is 0 Å². The molecule has 166 valence electrons. The van der Waals surface area contributed by atoms with E-state index in [1.54, 1.807) is 7.11 Å². The molecule has 1 aliphatic rings. The molecule has 0 amide bonds. The second kappa shape index (κ2) is 13.7. The van der Waals surface area contributed by atoms with Gasteiger partial charge in [0.2, 0.25) is 0 Å². The van der Waals surface area contributed by atoms with Crippen LogP contribution in [0.5, 0.6) is 0 Å². The molecule has 5 nitrogen and oxygen atoms in total. The number of hydrogen-bond acceptors (Lipinski definition) is 3. The van der Waals surface area contributed by atoms with Crippen LogP contribution in [0.4, 0.5) is 0 Å². The normalized spacial score (nSPS) is 17.3. The molecule has 0 bridgehead atoms. The molecule has 7 heteroatoms. The van der Waals surface area contributed by atoms with Crippen LogP contribution in [0, 0.1) is 5.92 Å². The van der Waals surface area contributed by atoms with E-state index in [0.29, 0.717) is 19.1 Å². The van der Waals surface area contributed by atoms with E-state index in [-0.39, 0.29) is 29.4 Å². The van der Waals surface area contributed by atoms with Crippen molar-refractivity contribution < 1.29 is 9.47 Å². The highest BCUT2D eigenvalue weighted by molar-refractivity contribution is 14.0. The number of ether oxygens (including phenoxy) is 2. The van der Waals surface area contributed by atoms with Gasteiger partial charge in [0.05, 0.1) is 19.8 Å². The summed E-state index contributed by atoms with van der Waals surface area (Å²) in [5.74, 6) is 1.54. The monoisotopic (exact) mass is 537 g/mol. The van der Waals surface area contributed by atoms with Gasteiger partial charge in [-0.1, -0.05) is 37.6 Å². The molecule has 29 heavy (non-hydrogen) atoms. The Bertz CT molecular complexity index is 609. The topological polar surface area (TPSA) is 46.1 Å². The third-order valence-electron chi connectivity index (χ3n) is 5.98. The van der Waals surface area contributed by atoms with Crippen molar-refractivity contribution in [3.05, 3.63) is 34.9 Å². The quantitative estimate of drug-likeness (QED) is 0.205. The highest BCUT2D eigenvalue weighted by atomic mass is 127. The van der Waals surface area contributed by atoms with Crippen LogP contribution in [-0.2, 0) is 14.9 Å². The van der Waals surface area contributed by atoms with Gasteiger partial charge in [0.15, 0.2) is 5.96 Å². The van der Waals surface area contributed by atoms with Crippen molar-refractivity contribution in [2.45, 2.75) is 38.5 Å². The maximum Gasteiger partial charge on any atom is 0.193 e. The van der Waals surface area contributed by atoms with Gasteiger partial charge in [-0.15, -0.1) is 24.0 Å². The van der Waals surface area contributed by atoms with Crippen molar-refractivity contribution in [3.63, 3.8) is 0 Å². The summed E-state index contributed by atoms with van der Waals surface area (Å²) in [4.78, 5) is 6.89. The number of nitrogens with zero attached hydrogens (tertiary/aromatic N) is 2. The van der Waals surface area contributed by atoms with Crippen molar-refractivity contribution in [2.24, 2.45) is 10.9 Å². The van der Waals surface area contributed by atoms with E-state index in [1.165, 1.54) is 5.56 Å². The van der Waals surface area contributed by atoms with Crippen molar-refractivity contribution in [2.75, 3.05) is 53.6 Å². The lowest BCUT2D eigenvalue weighted by Gasteiger charge is -2.34. The van der Waals surface area contributed by atoms with Crippen molar-refractivity contribution in [1.82, 2.24) is 10.2 Å². The Balaban J connectivity index is 0.00000420. The van der Waals surface area contributed by atoms with E-state index in [4.69, 9.17) is 21.1 Å². The lowest BCUT2D eigenvalue weighted by molar-refractivity contribution is 0.0536. The standard InChI is InChI=1S/C22H36ClN3O2.HI/c1-5-22(6-2,19-7-9-20(23)10-8-19)17-25-21(24-3)26-12-11-18(15-26)16-28-14-13-27-4;/h7-10,18H,5-6,11-17H2,1-4H3,(H,24,25);1H. The van der Waals surface area contributed by atoms with Crippen LogP contribution in [0.1, 0.15) is 38.7 Å². The van der Waals surface area contributed by atoms with Gasteiger partial charge in [0.25, 0.3) is 0 Å².